The van der Waals surface area contributed by atoms with Crippen molar-refractivity contribution in [2.45, 2.75) is 23.7 Å². The molecule has 26 heavy (non-hydrogen) atoms. The number of aromatic nitrogens is 2. The van der Waals surface area contributed by atoms with Gasteiger partial charge in [-0.25, -0.2) is 18.1 Å². The van der Waals surface area contributed by atoms with E-state index in [1.54, 1.807) is 30.5 Å². The standard InChI is InChI=1S/C18H19N3O3S.ClH/c22-10-9-20-25(23,24)14-5-3-12(4-6-14)15-7-8-19-18-16(15)11-17(21-18)13-1-2-13;/h3-8,11,13,20,22H,1-2,9-10H2,(H,19,21);1H. The minimum Gasteiger partial charge on any atom is -0.395 e. The number of H-pyrrole nitrogens is 1. The Morgan fingerprint density at radius 1 is 1.19 bits per heavy atom. The Balaban J connectivity index is 0.00000196. The largest absolute Gasteiger partial charge is 0.395 e. The van der Waals surface area contributed by atoms with Gasteiger partial charge in [0.15, 0.2) is 0 Å². The van der Waals surface area contributed by atoms with Gasteiger partial charge in [-0.15, -0.1) is 12.4 Å². The SMILES string of the molecule is Cl.O=S(=O)(NCCO)c1ccc(-c2ccnc3[nH]c(C4CC4)cc23)cc1. The van der Waals surface area contributed by atoms with Gasteiger partial charge in [-0.1, -0.05) is 12.1 Å². The molecule has 8 heteroatoms. The fraction of sp³-hybridized carbons (Fsp3) is 0.278. The normalized spacial score (nSPS) is 14.3. The molecule has 1 aliphatic carbocycles. The summed E-state index contributed by atoms with van der Waals surface area (Å²) >= 11 is 0. The van der Waals surface area contributed by atoms with Crippen molar-refractivity contribution >= 4 is 33.5 Å². The van der Waals surface area contributed by atoms with Crippen LogP contribution in [0.3, 0.4) is 0 Å². The number of nitrogens with one attached hydrogen (secondary N) is 2. The first-order valence-electron chi connectivity index (χ1n) is 8.27. The third-order valence-electron chi connectivity index (χ3n) is 4.45. The lowest BCUT2D eigenvalue weighted by Crippen LogP contribution is -2.26. The number of sulfonamides is 1. The van der Waals surface area contributed by atoms with Gasteiger partial charge in [0, 0.05) is 23.8 Å². The summed E-state index contributed by atoms with van der Waals surface area (Å²) in [7, 11) is -3.59. The number of aliphatic hydroxyl groups excluding tert-OH is 1. The molecule has 3 N–H and O–H groups in total. The van der Waals surface area contributed by atoms with Crippen LogP contribution in [-0.2, 0) is 10.0 Å². The molecule has 3 aromatic rings. The highest BCUT2D eigenvalue weighted by molar-refractivity contribution is 7.89. The van der Waals surface area contributed by atoms with Gasteiger partial charge in [0.1, 0.15) is 5.65 Å². The van der Waals surface area contributed by atoms with E-state index in [4.69, 9.17) is 5.11 Å². The summed E-state index contributed by atoms with van der Waals surface area (Å²) in [5.41, 5.74) is 4.05. The summed E-state index contributed by atoms with van der Waals surface area (Å²) in [6, 6.07) is 10.9. The fourth-order valence-electron chi connectivity index (χ4n) is 2.99. The first-order valence-corrected chi connectivity index (χ1v) is 9.75. The molecule has 138 valence electrons. The highest BCUT2D eigenvalue weighted by Crippen LogP contribution is 2.41. The van der Waals surface area contributed by atoms with Gasteiger partial charge in [-0.05, 0) is 54.2 Å². The fourth-order valence-corrected chi connectivity index (χ4v) is 4.01. The average molecular weight is 394 g/mol. The van der Waals surface area contributed by atoms with Crippen molar-refractivity contribution in [2.24, 2.45) is 0 Å². The molecule has 0 radical (unpaired) electrons. The van der Waals surface area contributed by atoms with E-state index < -0.39 is 10.0 Å². The Morgan fingerprint density at radius 2 is 1.92 bits per heavy atom. The predicted molar refractivity (Wildman–Crippen MR) is 103 cm³/mol. The van der Waals surface area contributed by atoms with Crippen molar-refractivity contribution in [3.05, 3.63) is 48.3 Å². The van der Waals surface area contributed by atoms with Crippen LogP contribution in [-0.4, -0.2) is 36.6 Å². The van der Waals surface area contributed by atoms with E-state index >= 15 is 0 Å². The van der Waals surface area contributed by atoms with E-state index in [-0.39, 0.29) is 30.5 Å². The third-order valence-corrected chi connectivity index (χ3v) is 5.93. The predicted octanol–water partition coefficient (Wildman–Crippen LogP) is 2.80. The molecule has 0 spiro atoms. The van der Waals surface area contributed by atoms with Gasteiger partial charge < -0.3 is 10.1 Å². The van der Waals surface area contributed by atoms with Gasteiger partial charge in [0.25, 0.3) is 0 Å². The van der Waals surface area contributed by atoms with Crippen LogP contribution in [0.2, 0.25) is 0 Å². The van der Waals surface area contributed by atoms with Crippen molar-refractivity contribution in [2.75, 3.05) is 13.2 Å². The molecule has 1 fully saturated rings. The maximum atomic E-state index is 12.1. The molecule has 1 saturated carbocycles. The Kier molecular flexibility index (Phi) is 5.34. The molecular formula is C18H20ClN3O3S. The minimum absolute atomic E-state index is 0. The van der Waals surface area contributed by atoms with Crippen LogP contribution < -0.4 is 4.72 Å². The number of pyridine rings is 1. The number of benzene rings is 1. The molecule has 4 rings (SSSR count). The van der Waals surface area contributed by atoms with Gasteiger partial charge in [0.05, 0.1) is 11.5 Å². The first kappa shape index (κ1) is 18.8. The van der Waals surface area contributed by atoms with Crippen LogP contribution in [0.5, 0.6) is 0 Å². The van der Waals surface area contributed by atoms with Gasteiger partial charge in [0.2, 0.25) is 10.0 Å². The molecule has 0 atom stereocenters. The number of hydrogen-bond acceptors (Lipinski definition) is 4. The zero-order chi connectivity index (χ0) is 17.4. The van der Waals surface area contributed by atoms with Crippen LogP contribution in [0.25, 0.3) is 22.2 Å². The molecule has 0 aliphatic heterocycles. The smallest absolute Gasteiger partial charge is 0.240 e. The molecule has 1 aliphatic rings. The lowest BCUT2D eigenvalue weighted by Gasteiger charge is -2.07. The average Bonchev–Trinajstić information content (AvgIpc) is 3.38. The minimum atomic E-state index is -3.59. The maximum Gasteiger partial charge on any atom is 0.240 e. The number of aliphatic hydroxyl groups is 1. The van der Waals surface area contributed by atoms with Crippen molar-refractivity contribution in [3.8, 4) is 11.1 Å². The Labute approximate surface area is 158 Å². The zero-order valence-electron chi connectivity index (χ0n) is 14.0. The molecule has 0 unspecified atom stereocenters. The van der Waals surface area contributed by atoms with Gasteiger partial charge in [-0.2, -0.15) is 0 Å². The van der Waals surface area contributed by atoms with E-state index in [0.29, 0.717) is 5.92 Å². The van der Waals surface area contributed by atoms with Crippen LogP contribution in [0.1, 0.15) is 24.5 Å². The molecule has 0 bridgehead atoms. The number of halogens is 1. The summed E-state index contributed by atoms with van der Waals surface area (Å²) < 4.78 is 26.5. The molecule has 0 amide bonds. The van der Waals surface area contributed by atoms with Crippen LogP contribution in [0.4, 0.5) is 0 Å². The molecule has 2 heterocycles. The summed E-state index contributed by atoms with van der Waals surface area (Å²) in [6.07, 6.45) is 4.20. The van der Waals surface area contributed by atoms with Crippen molar-refractivity contribution in [1.82, 2.24) is 14.7 Å². The van der Waals surface area contributed by atoms with Gasteiger partial charge in [-0.3, -0.25) is 0 Å². The van der Waals surface area contributed by atoms with Crippen LogP contribution >= 0.6 is 12.4 Å². The van der Waals surface area contributed by atoms with Crippen LogP contribution in [0.15, 0.2) is 47.5 Å². The Morgan fingerprint density at radius 3 is 2.58 bits per heavy atom. The summed E-state index contributed by atoms with van der Waals surface area (Å²) in [4.78, 5) is 7.97. The number of nitrogens with zero attached hydrogens (tertiary/aromatic N) is 1. The molecule has 6 nitrogen and oxygen atoms in total. The lowest BCUT2D eigenvalue weighted by atomic mass is 10.0. The van der Waals surface area contributed by atoms with Crippen molar-refractivity contribution in [1.29, 1.82) is 0 Å². The lowest BCUT2D eigenvalue weighted by molar-refractivity contribution is 0.301. The topological polar surface area (TPSA) is 95.1 Å². The monoisotopic (exact) mass is 393 g/mol. The van der Waals surface area contributed by atoms with E-state index in [2.05, 4.69) is 20.8 Å². The Hall–Kier alpha value is -1.93. The zero-order valence-corrected chi connectivity index (χ0v) is 15.6. The number of rotatable bonds is 6. The van der Waals surface area contributed by atoms with E-state index in [0.717, 1.165) is 22.2 Å². The highest BCUT2D eigenvalue weighted by Gasteiger charge is 2.25. The second-order valence-corrected chi connectivity index (χ2v) is 8.03. The van der Waals surface area contributed by atoms with E-state index in [9.17, 15) is 8.42 Å². The maximum absolute atomic E-state index is 12.1. The third kappa shape index (κ3) is 3.61. The molecule has 2 aromatic heterocycles. The molecular weight excluding hydrogens is 374 g/mol. The van der Waals surface area contributed by atoms with Crippen molar-refractivity contribution in [3.63, 3.8) is 0 Å². The highest BCUT2D eigenvalue weighted by atomic mass is 35.5. The molecule has 0 saturated heterocycles. The van der Waals surface area contributed by atoms with Crippen molar-refractivity contribution < 1.29 is 13.5 Å². The second-order valence-electron chi connectivity index (χ2n) is 6.27. The first-order chi connectivity index (χ1) is 12.1. The summed E-state index contributed by atoms with van der Waals surface area (Å²) in [5.74, 6) is 0.618. The van der Waals surface area contributed by atoms with Crippen LogP contribution in [0, 0.1) is 0 Å². The quantitative estimate of drug-likeness (QED) is 0.600. The number of hydrogen-bond donors (Lipinski definition) is 3. The molecule has 1 aromatic carbocycles. The second kappa shape index (κ2) is 7.36. The van der Waals surface area contributed by atoms with E-state index in [1.165, 1.54) is 18.5 Å². The number of fused-ring (bicyclic) bond motifs is 1. The summed E-state index contributed by atoms with van der Waals surface area (Å²) in [5, 5.41) is 9.83. The number of aromatic amines is 1. The Bertz CT molecular complexity index is 1010. The van der Waals surface area contributed by atoms with Gasteiger partial charge >= 0.3 is 0 Å². The van der Waals surface area contributed by atoms with E-state index in [1.807, 2.05) is 6.07 Å². The summed E-state index contributed by atoms with van der Waals surface area (Å²) in [6.45, 7) is -0.231.